The molecule has 20 heavy (non-hydrogen) atoms. The molecule has 0 aromatic carbocycles. The molecule has 3 N–H and O–H groups in total. The van der Waals surface area contributed by atoms with Gasteiger partial charge in [0.1, 0.15) is 11.9 Å². The maximum atomic E-state index is 11.6. The minimum atomic E-state index is -1.09. The molecule has 2 atom stereocenters. The Morgan fingerprint density at radius 3 is 2.60 bits per heavy atom. The zero-order chi connectivity index (χ0) is 15.0. The van der Waals surface area contributed by atoms with Crippen molar-refractivity contribution in [3.63, 3.8) is 0 Å². The summed E-state index contributed by atoms with van der Waals surface area (Å²) >= 11 is 5.27. The molecule has 110 valence electrons. The van der Waals surface area contributed by atoms with Gasteiger partial charge in [-0.3, -0.25) is 9.59 Å². The Bertz CT molecular complexity index is 434. The number of aliphatic carboxylic acids is 1. The van der Waals surface area contributed by atoms with Gasteiger partial charge < -0.3 is 15.7 Å². The summed E-state index contributed by atoms with van der Waals surface area (Å²) in [5, 5.41) is 13.8. The van der Waals surface area contributed by atoms with E-state index in [-0.39, 0.29) is 18.3 Å². The summed E-state index contributed by atoms with van der Waals surface area (Å²) < 4.78 is 0. The van der Waals surface area contributed by atoms with Crippen LogP contribution in [0.3, 0.4) is 0 Å². The second kappa shape index (κ2) is 8.37. The highest BCUT2D eigenvalue weighted by Gasteiger charge is 2.23. The van der Waals surface area contributed by atoms with Gasteiger partial charge in [0.25, 0.3) is 0 Å². The molecule has 1 aliphatic rings. The Kier molecular flexibility index (Phi) is 6.79. The van der Waals surface area contributed by atoms with Gasteiger partial charge in [0.15, 0.2) is 0 Å². The normalized spacial score (nSPS) is 18.4. The van der Waals surface area contributed by atoms with E-state index in [4.69, 9.17) is 16.7 Å². The highest BCUT2D eigenvalue weighted by molar-refractivity contribution is 6.27. The molecular formula is C13H17ClN2O4. The summed E-state index contributed by atoms with van der Waals surface area (Å²) in [6, 6.07) is -0.975. The molecule has 1 aliphatic carbocycles. The van der Waals surface area contributed by atoms with Crippen LogP contribution >= 0.6 is 11.6 Å². The first-order valence-corrected chi connectivity index (χ1v) is 6.74. The van der Waals surface area contributed by atoms with E-state index in [0.717, 1.165) is 6.42 Å². The molecule has 0 spiro atoms. The van der Waals surface area contributed by atoms with Crippen molar-refractivity contribution in [2.75, 3.05) is 12.4 Å². The van der Waals surface area contributed by atoms with Gasteiger partial charge in [-0.15, -0.1) is 11.6 Å². The average Bonchev–Trinajstić information content (AvgIpc) is 2.45. The standard InChI is InChI=1S/C13H17ClN2O4/c14-7-11(17)15-8-12(18)16-10(13(19)20)6-9-4-2-1-3-5-9/h1-4,9-10H,5-8H2,(H,15,17)(H,16,18)(H,19,20)/t9?,10-/m0/s1. The van der Waals surface area contributed by atoms with Crippen molar-refractivity contribution in [2.24, 2.45) is 5.92 Å². The first kappa shape index (κ1) is 16.2. The van der Waals surface area contributed by atoms with Gasteiger partial charge in [-0.2, -0.15) is 0 Å². The van der Waals surface area contributed by atoms with E-state index in [1.807, 2.05) is 24.3 Å². The molecule has 0 bridgehead atoms. The fourth-order valence-electron chi connectivity index (χ4n) is 1.80. The fourth-order valence-corrected chi connectivity index (χ4v) is 1.90. The largest absolute Gasteiger partial charge is 0.480 e. The van der Waals surface area contributed by atoms with Crippen LogP contribution in [0.15, 0.2) is 24.3 Å². The number of nitrogens with one attached hydrogen (secondary N) is 2. The van der Waals surface area contributed by atoms with Crippen molar-refractivity contribution in [2.45, 2.75) is 18.9 Å². The third kappa shape index (κ3) is 5.88. The molecule has 0 aromatic heterocycles. The lowest BCUT2D eigenvalue weighted by Crippen LogP contribution is -2.46. The van der Waals surface area contributed by atoms with Crippen LogP contribution in [0.4, 0.5) is 0 Å². The second-order valence-corrected chi connectivity index (χ2v) is 4.68. The maximum absolute atomic E-state index is 11.6. The van der Waals surface area contributed by atoms with Crippen LogP contribution < -0.4 is 10.6 Å². The van der Waals surface area contributed by atoms with Crippen LogP contribution in [-0.2, 0) is 14.4 Å². The first-order valence-electron chi connectivity index (χ1n) is 6.21. The van der Waals surface area contributed by atoms with Crippen LogP contribution in [0.25, 0.3) is 0 Å². The van der Waals surface area contributed by atoms with E-state index in [9.17, 15) is 14.4 Å². The molecule has 0 radical (unpaired) electrons. The van der Waals surface area contributed by atoms with Gasteiger partial charge in [-0.25, -0.2) is 4.79 Å². The van der Waals surface area contributed by atoms with Crippen LogP contribution in [-0.4, -0.2) is 41.4 Å². The summed E-state index contributed by atoms with van der Waals surface area (Å²) in [5.74, 6) is -2.28. The molecule has 0 aliphatic heterocycles. The lowest BCUT2D eigenvalue weighted by atomic mass is 9.93. The van der Waals surface area contributed by atoms with E-state index in [0.29, 0.717) is 6.42 Å². The Hall–Kier alpha value is -1.82. The van der Waals surface area contributed by atoms with Crippen molar-refractivity contribution in [1.29, 1.82) is 0 Å². The molecule has 0 aromatic rings. The zero-order valence-corrected chi connectivity index (χ0v) is 11.6. The molecular weight excluding hydrogens is 284 g/mol. The van der Waals surface area contributed by atoms with E-state index < -0.39 is 23.8 Å². The first-order chi connectivity index (χ1) is 9.52. The lowest BCUT2D eigenvalue weighted by Gasteiger charge is -2.19. The average molecular weight is 301 g/mol. The summed E-state index contributed by atoms with van der Waals surface area (Å²) in [5.41, 5.74) is 0. The van der Waals surface area contributed by atoms with Gasteiger partial charge in [-0.1, -0.05) is 24.3 Å². The van der Waals surface area contributed by atoms with Gasteiger partial charge >= 0.3 is 5.97 Å². The van der Waals surface area contributed by atoms with E-state index >= 15 is 0 Å². The van der Waals surface area contributed by atoms with E-state index in [2.05, 4.69) is 10.6 Å². The Morgan fingerprint density at radius 1 is 1.30 bits per heavy atom. The molecule has 2 amide bonds. The van der Waals surface area contributed by atoms with Gasteiger partial charge in [0.2, 0.25) is 11.8 Å². The second-order valence-electron chi connectivity index (χ2n) is 4.41. The topological polar surface area (TPSA) is 95.5 Å². The van der Waals surface area contributed by atoms with Gasteiger partial charge in [0.05, 0.1) is 6.54 Å². The van der Waals surface area contributed by atoms with E-state index in [1.165, 1.54) is 0 Å². The number of halogens is 1. The maximum Gasteiger partial charge on any atom is 0.326 e. The van der Waals surface area contributed by atoms with Crippen molar-refractivity contribution in [1.82, 2.24) is 10.6 Å². The van der Waals surface area contributed by atoms with E-state index in [1.54, 1.807) is 0 Å². The number of hydrogen-bond acceptors (Lipinski definition) is 3. The number of carbonyl (C=O) groups excluding carboxylic acids is 2. The van der Waals surface area contributed by atoms with Crippen molar-refractivity contribution < 1.29 is 19.5 Å². The third-order valence-corrected chi connectivity index (χ3v) is 3.05. The minimum Gasteiger partial charge on any atom is -0.480 e. The summed E-state index contributed by atoms with van der Waals surface area (Å²) in [4.78, 5) is 33.6. The SMILES string of the molecule is O=C(CCl)NCC(=O)N[C@@H](CC1C=CC=CC1)C(=O)O. The highest BCUT2D eigenvalue weighted by atomic mass is 35.5. The summed E-state index contributed by atoms with van der Waals surface area (Å²) in [6.45, 7) is -0.282. The third-order valence-electron chi connectivity index (χ3n) is 2.81. The highest BCUT2D eigenvalue weighted by Crippen LogP contribution is 2.17. The number of allylic oxidation sites excluding steroid dienone is 4. The minimum absolute atomic E-state index is 0.0823. The number of carboxylic acids is 1. The van der Waals surface area contributed by atoms with Crippen LogP contribution in [0, 0.1) is 5.92 Å². The van der Waals surface area contributed by atoms with Crippen molar-refractivity contribution in [3.8, 4) is 0 Å². The quantitative estimate of drug-likeness (QED) is 0.594. The predicted octanol–water partition coefficient (Wildman–Crippen LogP) is 0.433. The number of amides is 2. The van der Waals surface area contributed by atoms with Gasteiger partial charge in [0, 0.05) is 0 Å². The molecule has 0 fully saturated rings. The van der Waals surface area contributed by atoms with Crippen molar-refractivity contribution >= 4 is 29.4 Å². The van der Waals surface area contributed by atoms with Gasteiger partial charge in [-0.05, 0) is 18.8 Å². The summed E-state index contributed by atoms with van der Waals surface area (Å²) in [7, 11) is 0. The Balaban J connectivity index is 2.44. The van der Waals surface area contributed by atoms with Crippen LogP contribution in [0.5, 0.6) is 0 Å². The molecule has 0 saturated carbocycles. The van der Waals surface area contributed by atoms with Crippen LogP contribution in [0.1, 0.15) is 12.8 Å². The van der Waals surface area contributed by atoms with Crippen molar-refractivity contribution in [3.05, 3.63) is 24.3 Å². The summed E-state index contributed by atoms with van der Waals surface area (Å²) in [6.07, 6.45) is 8.68. The molecule has 0 heterocycles. The number of carbonyl (C=O) groups is 3. The fraction of sp³-hybridized carbons (Fsp3) is 0.462. The monoisotopic (exact) mass is 300 g/mol. The lowest BCUT2D eigenvalue weighted by molar-refractivity contribution is -0.142. The zero-order valence-electron chi connectivity index (χ0n) is 10.8. The number of alkyl halides is 1. The number of hydrogen-bond donors (Lipinski definition) is 3. The molecule has 1 rings (SSSR count). The molecule has 6 nitrogen and oxygen atoms in total. The smallest absolute Gasteiger partial charge is 0.326 e. The Morgan fingerprint density at radius 2 is 2.05 bits per heavy atom. The predicted molar refractivity (Wildman–Crippen MR) is 74.3 cm³/mol. The molecule has 7 heteroatoms. The number of rotatable bonds is 7. The Labute approximate surface area is 121 Å². The molecule has 1 unspecified atom stereocenters. The molecule has 0 saturated heterocycles. The number of carboxylic acid groups (broad SMARTS) is 1. The van der Waals surface area contributed by atoms with Crippen LogP contribution in [0.2, 0.25) is 0 Å².